The molecule has 0 atom stereocenters. The first kappa shape index (κ1) is 30.6. The van der Waals surface area contributed by atoms with Crippen molar-refractivity contribution < 1.29 is 32.7 Å². The third-order valence-corrected chi connectivity index (χ3v) is 7.42. The fourth-order valence-electron chi connectivity index (χ4n) is 4.95. The molecule has 1 aromatic carbocycles. The van der Waals surface area contributed by atoms with E-state index in [0.717, 1.165) is 6.20 Å². The predicted molar refractivity (Wildman–Crippen MR) is 151 cm³/mol. The zero-order chi connectivity index (χ0) is 31.6. The van der Waals surface area contributed by atoms with Crippen molar-refractivity contribution in [2.45, 2.75) is 12.2 Å². The van der Waals surface area contributed by atoms with Gasteiger partial charge in [0, 0.05) is 63.4 Å². The number of benzene rings is 1. The number of anilines is 2. The number of nitrogens with two attached hydrogens (primary N) is 1. The fourth-order valence-corrected chi connectivity index (χ4v) is 5.21. The van der Waals surface area contributed by atoms with E-state index in [2.05, 4.69) is 20.4 Å². The second kappa shape index (κ2) is 12.4. The van der Waals surface area contributed by atoms with Gasteiger partial charge in [-0.1, -0.05) is 11.6 Å². The van der Waals surface area contributed by atoms with Gasteiger partial charge in [-0.3, -0.25) is 19.1 Å². The number of carbonyl (C=O) groups is 3. The molecule has 14 nitrogen and oxygen atoms in total. The molecule has 232 valence electrons. The number of urea groups is 1. The van der Waals surface area contributed by atoms with Crippen molar-refractivity contribution in [2.75, 3.05) is 44.6 Å². The maximum Gasteiger partial charge on any atom is 0.433 e. The molecule has 3 amide bonds. The average molecular weight is 635 g/mol. The van der Waals surface area contributed by atoms with Gasteiger partial charge in [-0.2, -0.15) is 18.3 Å². The van der Waals surface area contributed by atoms with Crippen molar-refractivity contribution in [3.8, 4) is 11.3 Å². The molecule has 0 spiro atoms. The number of likely N-dealkylation sites (tertiary alicyclic amines) is 1. The number of hydrogen-bond donors (Lipinski definition) is 4. The van der Waals surface area contributed by atoms with Gasteiger partial charge in [-0.15, -0.1) is 0 Å². The first-order valence-electron chi connectivity index (χ1n) is 13.2. The molecule has 2 aliphatic heterocycles. The zero-order valence-electron chi connectivity index (χ0n) is 22.8. The first-order chi connectivity index (χ1) is 21.0. The van der Waals surface area contributed by atoms with Gasteiger partial charge in [0.1, 0.15) is 5.69 Å². The summed E-state index contributed by atoms with van der Waals surface area (Å²) in [6.45, 7) is 2.42. The third-order valence-electron chi connectivity index (χ3n) is 7.11. The van der Waals surface area contributed by atoms with Crippen LogP contribution in [0.3, 0.4) is 0 Å². The molecule has 2 fully saturated rings. The van der Waals surface area contributed by atoms with E-state index >= 15 is 0 Å². The van der Waals surface area contributed by atoms with Gasteiger partial charge in [0.25, 0.3) is 12.4 Å². The number of imidazole rings is 1. The molecule has 0 aliphatic carbocycles. The number of carbonyl (C=O) groups excluding carboxylic acids is 2. The van der Waals surface area contributed by atoms with Crippen LogP contribution in [0.4, 0.5) is 29.5 Å². The summed E-state index contributed by atoms with van der Waals surface area (Å²) >= 11 is 6.49. The van der Waals surface area contributed by atoms with Gasteiger partial charge in [-0.05, 0) is 18.2 Å². The Labute approximate surface area is 252 Å². The van der Waals surface area contributed by atoms with Crippen LogP contribution in [0.2, 0.25) is 5.02 Å². The van der Waals surface area contributed by atoms with Crippen LogP contribution in [0, 0.1) is 0 Å². The molecule has 6 rings (SSSR count). The largest absolute Gasteiger partial charge is 0.483 e. The molecule has 44 heavy (non-hydrogen) atoms. The van der Waals surface area contributed by atoms with Gasteiger partial charge >= 0.3 is 12.2 Å². The lowest BCUT2D eigenvalue weighted by Crippen LogP contribution is -2.63. The number of alkyl halides is 3. The topological polar surface area (TPSA) is 178 Å². The van der Waals surface area contributed by atoms with Crippen molar-refractivity contribution in [1.82, 2.24) is 39.3 Å². The van der Waals surface area contributed by atoms with Crippen molar-refractivity contribution >= 4 is 47.2 Å². The Kier molecular flexibility index (Phi) is 8.59. The van der Waals surface area contributed by atoms with Crippen LogP contribution in [0.25, 0.3) is 16.9 Å². The second-order valence-corrected chi connectivity index (χ2v) is 10.3. The summed E-state index contributed by atoms with van der Waals surface area (Å²) in [5.41, 5.74) is 5.90. The normalized spacial score (nSPS) is 15.4. The molecule has 4 aromatic rings. The van der Waals surface area contributed by atoms with Crippen LogP contribution >= 0.6 is 11.6 Å². The molecule has 2 aliphatic rings. The second-order valence-electron chi connectivity index (χ2n) is 9.92. The van der Waals surface area contributed by atoms with Crippen molar-refractivity contribution in [1.29, 1.82) is 0 Å². The Morgan fingerprint density at radius 2 is 1.77 bits per heavy atom. The minimum absolute atomic E-state index is 0.0240. The van der Waals surface area contributed by atoms with E-state index in [0.29, 0.717) is 50.5 Å². The number of aromatic nitrogens is 5. The molecule has 3 aromatic heterocycles. The summed E-state index contributed by atoms with van der Waals surface area (Å²) in [6.07, 6.45) is 0.705. The first-order valence-corrected chi connectivity index (χ1v) is 13.6. The highest BCUT2D eigenvalue weighted by Crippen LogP contribution is 2.36. The summed E-state index contributed by atoms with van der Waals surface area (Å²) in [7, 11) is 0. The smallest absolute Gasteiger partial charge is 0.433 e. The Hall–Kier alpha value is -4.90. The summed E-state index contributed by atoms with van der Waals surface area (Å²) in [4.78, 5) is 47.7. The highest BCUT2D eigenvalue weighted by atomic mass is 35.5. The standard InChI is InChI=1S/C25H24ClF3N10O2.CH2O2/c26-18-9-15(1-2-16(18)23(40)36-5-7-37(8-6-36)24(41)38-12-14(30)13-38)34-21-22-32-11-19(39(22)4-3-31-21)17-10-33-35-20(17)25(27,28)29;2-1-3/h1-4,9-11,14H,5-8,12-13,30H2,(H,31,34)(H,33,35);1H,(H,2,3). The average Bonchev–Trinajstić information content (AvgIpc) is 3.64. The minimum Gasteiger partial charge on any atom is -0.483 e. The van der Waals surface area contributed by atoms with Crippen LogP contribution in [-0.2, 0) is 11.0 Å². The van der Waals surface area contributed by atoms with Gasteiger partial charge < -0.3 is 30.9 Å². The number of hydrogen-bond acceptors (Lipinski definition) is 8. The van der Waals surface area contributed by atoms with Gasteiger partial charge in [0.05, 0.1) is 34.2 Å². The molecule has 5 N–H and O–H groups in total. The van der Waals surface area contributed by atoms with Crippen molar-refractivity contribution in [3.05, 3.63) is 59.3 Å². The van der Waals surface area contributed by atoms with Crippen LogP contribution < -0.4 is 11.1 Å². The molecule has 2 saturated heterocycles. The van der Waals surface area contributed by atoms with E-state index in [1.807, 2.05) is 5.10 Å². The van der Waals surface area contributed by atoms with E-state index in [4.69, 9.17) is 27.2 Å². The molecule has 0 saturated carbocycles. The third kappa shape index (κ3) is 6.09. The number of piperazine rings is 1. The van der Waals surface area contributed by atoms with Crippen LogP contribution in [0.15, 0.2) is 43.0 Å². The molecular formula is C26H26ClF3N10O4. The van der Waals surface area contributed by atoms with E-state index < -0.39 is 11.9 Å². The van der Waals surface area contributed by atoms with E-state index in [-0.39, 0.29) is 52.2 Å². The number of carboxylic acid groups (broad SMARTS) is 1. The molecule has 18 heteroatoms. The van der Waals surface area contributed by atoms with Gasteiger partial charge in [-0.25, -0.2) is 14.8 Å². The number of halogens is 4. The lowest BCUT2D eigenvalue weighted by atomic mass is 10.1. The SMILES string of the molecule is NC1CN(C(=O)N2CCN(C(=O)c3ccc(Nc4nccn5c(-c6cn[nH]c6C(F)(F)F)cnc45)cc3Cl)CC2)C1.O=CO. The Balaban J connectivity index is 0.00000123. The Morgan fingerprint density at radius 1 is 1.09 bits per heavy atom. The maximum absolute atomic E-state index is 13.4. The minimum atomic E-state index is -4.62. The Bertz CT molecular complexity index is 1680. The van der Waals surface area contributed by atoms with E-state index in [9.17, 15) is 22.8 Å². The molecular weight excluding hydrogens is 609 g/mol. The predicted octanol–water partition coefficient (Wildman–Crippen LogP) is 2.76. The summed E-state index contributed by atoms with van der Waals surface area (Å²) in [5.74, 6) is 0.0215. The fraction of sp³-hybridized carbons (Fsp3) is 0.308. The van der Waals surface area contributed by atoms with Crippen molar-refractivity contribution in [2.24, 2.45) is 5.73 Å². The highest BCUT2D eigenvalue weighted by Gasteiger charge is 2.37. The molecule has 0 radical (unpaired) electrons. The van der Waals surface area contributed by atoms with Crippen LogP contribution in [0.1, 0.15) is 16.1 Å². The summed E-state index contributed by atoms with van der Waals surface area (Å²) < 4.78 is 41.7. The monoisotopic (exact) mass is 634 g/mol. The molecule has 0 bridgehead atoms. The highest BCUT2D eigenvalue weighted by molar-refractivity contribution is 6.34. The number of nitrogens with zero attached hydrogens (tertiary/aromatic N) is 7. The van der Waals surface area contributed by atoms with Crippen LogP contribution in [-0.4, -0.2) is 108 Å². The number of amides is 3. The quantitative estimate of drug-likeness (QED) is 0.246. The van der Waals surface area contributed by atoms with Gasteiger partial charge in [0.15, 0.2) is 11.5 Å². The van der Waals surface area contributed by atoms with Crippen molar-refractivity contribution in [3.63, 3.8) is 0 Å². The van der Waals surface area contributed by atoms with E-state index in [1.54, 1.807) is 32.9 Å². The number of H-pyrrole nitrogens is 1. The number of nitrogens with one attached hydrogen (secondary N) is 2. The zero-order valence-corrected chi connectivity index (χ0v) is 23.6. The van der Waals surface area contributed by atoms with E-state index in [1.165, 1.54) is 23.0 Å². The van der Waals surface area contributed by atoms with Gasteiger partial charge in [0.2, 0.25) is 0 Å². The number of rotatable bonds is 4. The Morgan fingerprint density at radius 3 is 2.41 bits per heavy atom. The summed E-state index contributed by atoms with van der Waals surface area (Å²) in [6, 6.07) is 4.76. The lowest BCUT2D eigenvalue weighted by molar-refractivity contribution is -0.140. The van der Waals surface area contributed by atoms with Crippen LogP contribution in [0.5, 0.6) is 0 Å². The maximum atomic E-state index is 13.4. The molecule has 5 heterocycles. The number of fused-ring (bicyclic) bond motifs is 1. The number of aromatic amines is 1. The lowest BCUT2D eigenvalue weighted by Gasteiger charge is -2.42. The summed E-state index contributed by atoms with van der Waals surface area (Å²) in [5, 5.41) is 15.7. The molecule has 0 unspecified atom stereocenters.